The Bertz CT molecular complexity index is 223. The molecule has 0 bridgehead atoms. The summed E-state index contributed by atoms with van der Waals surface area (Å²) in [5, 5.41) is 13.2. The number of hydrogen-bond donors (Lipinski definition) is 2. The van der Waals surface area contributed by atoms with Crippen molar-refractivity contribution in [1.82, 2.24) is 5.32 Å². The molecule has 1 saturated heterocycles. The average Bonchev–Trinajstić information content (AvgIpc) is 2.02. The lowest BCUT2D eigenvalue weighted by molar-refractivity contribution is 0.0676. The molecule has 1 aliphatic rings. The lowest BCUT2D eigenvalue weighted by atomic mass is 9.90. The van der Waals surface area contributed by atoms with Crippen molar-refractivity contribution in [3.63, 3.8) is 0 Å². The van der Waals surface area contributed by atoms with Crippen molar-refractivity contribution in [2.75, 3.05) is 13.1 Å². The maximum absolute atomic E-state index is 10.0. The van der Waals surface area contributed by atoms with E-state index in [2.05, 4.69) is 37.9 Å². The fourth-order valence-corrected chi connectivity index (χ4v) is 1.27. The maximum Gasteiger partial charge on any atom is 0.127 e. The first-order valence-corrected chi connectivity index (χ1v) is 4.89. The third kappa shape index (κ3) is 3.80. The molecule has 0 aliphatic carbocycles. The zero-order chi connectivity index (χ0) is 9.95. The SMILES string of the molecule is CC(C)(C)C#CC1(O)CCNCC1. The summed E-state index contributed by atoms with van der Waals surface area (Å²) in [6.45, 7) is 7.92. The van der Waals surface area contributed by atoms with Crippen LogP contribution in [0.25, 0.3) is 0 Å². The molecule has 1 fully saturated rings. The van der Waals surface area contributed by atoms with Gasteiger partial charge < -0.3 is 10.4 Å². The zero-order valence-electron chi connectivity index (χ0n) is 8.78. The van der Waals surface area contributed by atoms with E-state index in [-0.39, 0.29) is 5.41 Å². The second kappa shape index (κ2) is 3.69. The molecule has 0 aromatic rings. The van der Waals surface area contributed by atoms with Crippen molar-refractivity contribution >= 4 is 0 Å². The van der Waals surface area contributed by atoms with Crippen LogP contribution in [0.2, 0.25) is 0 Å². The van der Waals surface area contributed by atoms with Gasteiger partial charge in [0, 0.05) is 5.41 Å². The molecule has 0 amide bonds. The zero-order valence-corrected chi connectivity index (χ0v) is 8.78. The first-order chi connectivity index (χ1) is 5.91. The molecular weight excluding hydrogens is 162 g/mol. The van der Waals surface area contributed by atoms with Gasteiger partial charge in [-0.25, -0.2) is 0 Å². The van der Waals surface area contributed by atoms with Gasteiger partial charge in [-0.1, -0.05) is 11.8 Å². The minimum atomic E-state index is -0.738. The first kappa shape index (κ1) is 10.6. The molecular formula is C11H19NO. The van der Waals surface area contributed by atoms with Crippen LogP contribution >= 0.6 is 0 Å². The van der Waals surface area contributed by atoms with E-state index < -0.39 is 5.60 Å². The fraction of sp³-hybridized carbons (Fsp3) is 0.818. The largest absolute Gasteiger partial charge is 0.378 e. The van der Waals surface area contributed by atoms with Crippen molar-refractivity contribution in [1.29, 1.82) is 0 Å². The van der Waals surface area contributed by atoms with Crippen molar-refractivity contribution in [2.45, 2.75) is 39.2 Å². The summed E-state index contributed by atoms with van der Waals surface area (Å²) in [7, 11) is 0. The van der Waals surface area contributed by atoms with Gasteiger partial charge in [0.05, 0.1) is 0 Å². The molecule has 2 N–H and O–H groups in total. The van der Waals surface area contributed by atoms with Crippen LogP contribution in [0, 0.1) is 17.3 Å². The summed E-state index contributed by atoms with van der Waals surface area (Å²) in [5.41, 5.74) is -0.751. The molecule has 74 valence electrons. The molecule has 13 heavy (non-hydrogen) atoms. The van der Waals surface area contributed by atoms with E-state index in [4.69, 9.17) is 0 Å². The molecule has 0 radical (unpaired) electrons. The molecule has 0 saturated carbocycles. The van der Waals surface area contributed by atoms with Gasteiger partial charge in [-0.15, -0.1) is 0 Å². The van der Waals surface area contributed by atoms with Gasteiger partial charge >= 0.3 is 0 Å². The Kier molecular flexibility index (Phi) is 3.00. The van der Waals surface area contributed by atoms with Gasteiger partial charge in [0.1, 0.15) is 5.60 Å². The third-order valence-electron chi connectivity index (χ3n) is 2.10. The highest BCUT2D eigenvalue weighted by Crippen LogP contribution is 2.18. The second-order valence-corrected chi connectivity index (χ2v) is 4.78. The van der Waals surface area contributed by atoms with E-state index in [1.54, 1.807) is 0 Å². The van der Waals surface area contributed by atoms with Crippen molar-refractivity contribution in [3.8, 4) is 11.8 Å². The van der Waals surface area contributed by atoms with E-state index in [1.165, 1.54) is 0 Å². The van der Waals surface area contributed by atoms with Crippen LogP contribution in [0.5, 0.6) is 0 Å². The Balaban J connectivity index is 2.63. The topological polar surface area (TPSA) is 32.3 Å². The third-order valence-corrected chi connectivity index (χ3v) is 2.10. The van der Waals surface area contributed by atoms with E-state index in [9.17, 15) is 5.11 Å². The molecule has 1 aliphatic heterocycles. The Labute approximate surface area is 80.7 Å². The molecule has 0 atom stereocenters. The molecule has 2 heteroatoms. The average molecular weight is 181 g/mol. The van der Waals surface area contributed by atoms with Crippen molar-refractivity contribution in [2.24, 2.45) is 5.41 Å². The fourth-order valence-electron chi connectivity index (χ4n) is 1.27. The van der Waals surface area contributed by atoms with E-state index in [0.29, 0.717) is 0 Å². The minimum absolute atomic E-state index is 0.0133. The summed E-state index contributed by atoms with van der Waals surface area (Å²) in [4.78, 5) is 0. The van der Waals surface area contributed by atoms with E-state index in [1.807, 2.05) is 0 Å². The van der Waals surface area contributed by atoms with Gasteiger partial charge in [0.15, 0.2) is 0 Å². The maximum atomic E-state index is 10.0. The van der Waals surface area contributed by atoms with Crippen LogP contribution in [0.4, 0.5) is 0 Å². The molecule has 0 aromatic heterocycles. The monoisotopic (exact) mass is 181 g/mol. The molecule has 1 heterocycles. The summed E-state index contributed by atoms with van der Waals surface area (Å²) >= 11 is 0. The molecule has 0 aromatic carbocycles. The Morgan fingerprint density at radius 1 is 1.23 bits per heavy atom. The number of aliphatic hydroxyl groups is 1. The first-order valence-electron chi connectivity index (χ1n) is 4.89. The van der Waals surface area contributed by atoms with Crippen molar-refractivity contribution < 1.29 is 5.11 Å². The Hall–Kier alpha value is -0.520. The van der Waals surface area contributed by atoms with Gasteiger partial charge in [-0.2, -0.15) is 0 Å². The van der Waals surface area contributed by atoms with E-state index >= 15 is 0 Å². The smallest absolute Gasteiger partial charge is 0.127 e. The lowest BCUT2D eigenvalue weighted by Gasteiger charge is -2.27. The number of piperidine rings is 1. The summed E-state index contributed by atoms with van der Waals surface area (Å²) in [6, 6.07) is 0. The van der Waals surface area contributed by atoms with Gasteiger partial charge in [-0.3, -0.25) is 0 Å². The van der Waals surface area contributed by atoms with Crippen LogP contribution in [-0.2, 0) is 0 Å². The highest BCUT2D eigenvalue weighted by molar-refractivity contribution is 5.18. The van der Waals surface area contributed by atoms with Crippen molar-refractivity contribution in [3.05, 3.63) is 0 Å². The molecule has 2 nitrogen and oxygen atoms in total. The van der Waals surface area contributed by atoms with Crippen LogP contribution < -0.4 is 5.32 Å². The van der Waals surface area contributed by atoms with Crippen LogP contribution in [0.15, 0.2) is 0 Å². The van der Waals surface area contributed by atoms with E-state index in [0.717, 1.165) is 25.9 Å². The Morgan fingerprint density at radius 3 is 2.23 bits per heavy atom. The predicted octanol–water partition coefficient (Wildman–Crippen LogP) is 1.15. The quantitative estimate of drug-likeness (QED) is 0.549. The number of nitrogens with one attached hydrogen (secondary N) is 1. The van der Waals surface area contributed by atoms with Gasteiger partial charge in [0.2, 0.25) is 0 Å². The summed E-state index contributed by atoms with van der Waals surface area (Å²) < 4.78 is 0. The summed E-state index contributed by atoms with van der Waals surface area (Å²) in [6.07, 6.45) is 1.49. The van der Waals surface area contributed by atoms with Crippen LogP contribution in [0.1, 0.15) is 33.6 Å². The molecule has 0 unspecified atom stereocenters. The molecule has 0 spiro atoms. The lowest BCUT2D eigenvalue weighted by Crippen LogP contribution is -2.40. The van der Waals surface area contributed by atoms with Crippen LogP contribution in [-0.4, -0.2) is 23.8 Å². The normalized spacial score (nSPS) is 21.8. The van der Waals surface area contributed by atoms with Gasteiger partial charge in [-0.05, 0) is 46.7 Å². The minimum Gasteiger partial charge on any atom is -0.378 e. The highest BCUT2D eigenvalue weighted by Gasteiger charge is 2.26. The highest BCUT2D eigenvalue weighted by atomic mass is 16.3. The number of hydrogen-bond acceptors (Lipinski definition) is 2. The van der Waals surface area contributed by atoms with Crippen LogP contribution in [0.3, 0.4) is 0 Å². The Morgan fingerprint density at radius 2 is 1.77 bits per heavy atom. The van der Waals surface area contributed by atoms with Gasteiger partial charge in [0.25, 0.3) is 0 Å². The molecule has 1 rings (SSSR count). The predicted molar refractivity (Wildman–Crippen MR) is 54.3 cm³/mol. The second-order valence-electron chi connectivity index (χ2n) is 4.78. The summed E-state index contributed by atoms with van der Waals surface area (Å²) in [5.74, 6) is 6.11. The number of rotatable bonds is 0. The standard InChI is InChI=1S/C11H19NO/c1-10(2,3)4-5-11(13)6-8-12-9-7-11/h12-13H,6-9H2,1-3H3.